The fraction of sp³-hybridized carbons (Fsp3) is 1.00. The molecule has 0 aliphatic carbocycles. The van der Waals surface area contributed by atoms with E-state index in [4.69, 9.17) is 5.11 Å². The molecule has 1 aliphatic heterocycles. The van der Waals surface area contributed by atoms with Gasteiger partial charge in [0.15, 0.2) is 0 Å². The predicted octanol–water partition coefficient (Wildman–Crippen LogP) is 0.277. The van der Waals surface area contributed by atoms with Crippen LogP contribution in [0.5, 0.6) is 0 Å². The van der Waals surface area contributed by atoms with Crippen LogP contribution in [0.1, 0.15) is 26.2 Å². The molecule has 0 aromatic rings. The highest BCUT2D eigenvalue weighted by atomic mass is 32.2. The Bertz CT molecular complexity index is 305. The number of nitrogens with zero attached hydrogens (tertiary/aromatic N) is 2. The smallest absolute Gasteiger partial charge is 0.281 e. The third kappa shape index (κ3) is 3.16. The van der Waals surface area contributed by atoms with E-state index in [-0.39, 0.29) is 12.5 Å². The third-order valence-electron chi connectivity index (χ3n) is 3.00. The Kier molecular flexibility index (Phi) is 5.17. The van der Waals surface area contributed by atoms with Crippen molar-refractivity contribution in [3.8, 4) is 0 Å². The van der Waals surface area contributed by atoms with Crippen LogP contribution in [0.3, 0.4) is 0 Å². The molecule has 96 valence electrons. The first-order chi connectivity index (χ1) is 7.52. The van der Waals surface area contributed by atoms with Gasteiger partial charge in [-0.2, -0.15) is 17.0 Å². The van der Waals surface area contributed by atoms with Crippen molar-refractivity contribution in [1.29, 1.82) is 0 Å². The molecule has 1 fully saturated rings. The van der Waals surface area contributed by atoms with Crippen molar-refractivity contribution in [3.63, 3.8) is 0 Å². The Balaban J connectivity index is 2.67. The van der Waals surface area contributed by atoms with Crippen molar-refractivity contribution in [2.45, 2.75) is 26.2 Å². The maximum absolute atomic E-state index is 12.1. The maximum atomic E-state index is 12.1. The normalized spacial score (nSPS) is 23.9. The summed E-state index contributed by atoms with van der Waals surface area (Å²) in [5.41, 5.74) is 0. The van der Waals surface area contributed by atoms with Crippen LogP contribution in [-0.4, -0.2) is 55.4 Å². The highest BCUT2D eigenvalue weighted by Gasteiger charge is 2.31. The van der Waals surface area contributed by atoms with Gasteiger partial charge in [0, 0.05) is 33.3 Å². The van der Waals surface area contributed by atoms with E-state index in [2.05, 4.69) is 0 Å². The van der Waals surface area contributed by atoms with Crippen molar-refractivity contribution >= 4 is 10.2 Å². The first-order valence-electron chi connectivity index (χ1n) is 5.84. The van der Waals surface area contributed by atoms with Crippen LogP contribution >= 0.6 is 0 Å². The van der Waals surface area contributed by atoms with E-state index >= 15 is 0 Å². The number of hydrogen-bond acceptors (Lipinski definition) is 3. The lowest BCUT2D eigenvalue weighted by Gasteiger charge is -2.33. The van der Waals surface area contributed by atoms with E-state index in [1.807, 2.05) is 6.92 Å². The number of hydrogen-bond donors (Lipinski definition) is 1. The van der Waals surface area contributed by atoms with Gasteiger partial charge in [-0.1, -0.05) is 6.92 Å². The molecule has 5 nitrogen and oxygen atoms in total. The predicted molar refractivity (Wildman–Crippen MR) is 63.2 cm³/mol. The number of piperidine rings is 1. The quantitative estimate of drug-likeness (QED) is 0.762. The third-order valence-corrected chi connectivity index (χ3v) is 4.95. The summed E-state index contributed by atoms with van der Waals surface area (Å²) in [6.07, 6.45) is 2.57. The molecule has 6 heteroatoms. The average molecular weight is 250 g/mol. The summed E-state index contributed by atoms with van der Waals surface area (Å²) >= 11 is 0. The molecule has 1 unspecified atom stereocenters. The lowest BCUT2D eigenvalue weighted by atomic mass is 10.0. The van der Waals surface area contributed by atoms with Gasteiger partial charge in [-0.05, 0) is 25.2 Å². The van der Waals surface area contributed by atoms with Crippen LogP contribution in [0, 0.1) is 5.92 Å². The van der Waals surface area contributed by atoms with Gasteiger partial charge in [0.1, 0.15) is 0 Å². The van der Waals surface area contributed by atoms with Crippen molar-refractivity contribution in [2.75, 3.05) is 33.3 Å². The summed E-state index contributed by atoms with van der Waals surface area (Å²) < 4.78 is 27.1. The molecule has 0 aromatic carbocycles. The molecule has 1 saturated heterocycles. The van der Waals surface area contributed by atoms with Crippen LogP contribution in [-0.2, 0) is 10.2 Å². The number of aliphatic hydroxyl groups excluding tert-OH is 1. The summed E-state index contributed by atoms with van der Waals surface area (Å²) in [6, 6.07) is 0. The van der Waals surface area contributed by atoms with Crippen LogP contribution in [0.25, 0.3) is 0 Å². The monoisotopic (exact) mass is 250 g/mol. The molecule has 0 bridgehead atoms. The Morgan fingerprint density at radius 3 is 2.75 bits per heavy atom. The van der Waals surface area contributed by atoms with E-state index in [9.17, 15) is 8.42 Å². The highest BCUT2D eigenvalue weighted by Crippen LogP contribution is 2.20. The Morgan fingerprint density at radius 2 is 2.19 bits per heavy atom. The number of aliphatic hydroxyl groups is 1. The molecule has 1 aliphatic rings. The minimum atomic E-state index is -3.31. The Morgan fingerprint density at radius 1 is 1.50 bits per heavy atom. The van der Waals surface area contributed by atoms with Crippen molar-refractivity contribution in [1.82, 2.24) is 8.61 Å². The van der Waals surface area contributed by atoms with Gasteiger partial charge in [0.25, 0.3) is 10.2 Å². The van der Waals surface area contributed by atoms with Crippen LogP contribution < -0.4 is 0 Å². The molecule has 0 aromatic heterocycles. The second kappa shape index (κ2) is 5.95. The number of rotatable bonds is 5. The zero-order valence-electron chi connectivity index (χ0n) is 10.1. The van der Waals surface area contributed by atoms with Gasteiger partial charge < -0.3 is 5.11 Å². The summed E-state index contributed by atoms with van der Waals surface area (Å²) in [5, 5.41) is 9.08. The molecule has 0 spiro atoms. The lowest BCUT2D eigenvalue weighted by molar-refractivity contribution is 0.161. The zero-order chi connectivity index (χ0) is 12.2. The van der Waals surface area contributed by atoms with E-state index in [0.29, 0.717) is 19.6 Å². The maximum Gasteiger partial charge on any atom is 0.281 e. The van der Waals surface area contributed by atoms with Crippen molar-refractivity contribution < 1.29 is 13.5 Å². The second-order valence-corrected chi connectivity index (χ2v) is 6.41. The molecule has 1 heterocycles. The molecule has 16 heavy (non-hydrogen) atoms. The van der Waals surface area contributed by atoms with E-state index < -0.39 is 10.2 Å². The summed E-state index contributed by atoms with van der Waals surface area (Å²) in [6.45, 7) is 3.60. The van der Waals surface area contributed by atoms with Gasteiger partial charge in [-0.25, -0.2) is 0 Å². The highest BCUT2D eigenvalue weighted by molar-refractivity contribution is 7.86. The molecule has 1 N–H and O–H groups in total. The van der Waals surface area contributed by atoms with Crippen LogP contribution in [0.2, 0.25) is 0 Å². The van der Waals surface area contributed by atoms with Crippen LogP contribution in [0.4, 0.5) is 0 Å². The van der Waals surface area contributed by atoms with Gasteiger partial charge >= 0.3 is 0 Å². The van der Waals surface area contributed by atoms with Gasteiger partial charge in [0.05, 0.1) is 0 Å². The largest absolute Gasteiger partial charge is 0.396 e. The molecule has 0 amide bonds. The van der Waals surface area contributed by atoms with Crippen LogP contribution in [0.15, 0.2) is 0 Å². The molecule has 0 radical (unpaired) electrons. The van der Waals surface area contributed by atoms with E-state index in [1.165, 1.54) is 8.61 Å². The fourth-order valence-corrected chi connectivity index (χ4v) is 3.58. The van der Waals surface area contributed by atoms with Gasteiger partial charge in [0.2, 0.25) is 0 Å². The molecule has 1 rings (SSSR count). The minimum Gasteiger partial charge on any atom is -0.396 e. The summed E-state index contributed by atoms with van der Waals surface area (Å²) in [5.74, 6) is 0.0959. The van der Waals surface area contributed by atoms with E-state index in [1.54, 1.807) is 7.05 Å². The molecule has 0 saturated carbocycles. The second-order valence-electron chi connectivity index (χ2n) is 4.38. The zero-order valence-corrected chi connectivity index (χ0v) is 10.9. The van der Waals surface area contributed by atoms with Crippen molar-refractivity contribution in [2.24, 2.45) is 5.92 Å². The summed E-state index contributed by atoms with van der Waals surface area (Å²) in [4.78, 5) is 0. The minimum absolute atomic E-state index is 0.0729. The Hall–Kier alpha value is -0.170. The topological polar surface area (TPSA) is 60.9 Å². The lowest BCUT2D eigenvalue weighted by Crippen LogP contribution is -2.47. The van der Waals surface area contributed by atoms with E-state index in [0.717, 1.165) is 19.3 Å². The molecular weight excluding hydrogens is 228 g/mol. The SMILES string of the molecule is CCCN(C)S(=O)(=O)N1CCCC(CO)C1. The fourth-order valence-electron chi connectivity index (χ4n) is 2.01. The van der Waals surface area contributed by atoms with Crippen molar-refractivity contribution in [3.05, 3.63) is 0 Å². The first-order valence-corrected chi connectivity index (χ1v) is 7.24. The van der Waals surface area contributed by atoms with Gasteiger partial charge in [-0.3, -0.25) is 0 Å². The molecular formula is C10H22N2O3S. The Labute approximate surface area is 98.2 Å². The van der Waals surface area contributed by atoms with Gasteiger partial charge in [-0.15, -0.1) is 0 Å². The average Bonchev–Trinajstić information content (AvgIpc) is 2.29. The molecule has 1 atom stereocenters. The first kappa shape index (κ1) is 13.9. The standard InChI is InChI=1S/C10H22N2O3S/c1-3-6-11(2)16(14,15)12-7-4-5-10(8-12)9-13/h10,13H,3-9H2,1-2H3. The summed E-state index contributed by atoms with van der Waals surface area (Å²) in [7, 11) is -1.70.